The molecule has 3 rings (SSSR count). The Morgan fingerprint density at radius 3 is 3.00 bits per heavy atom. The summed E-state index contributed by atoms with van der Waals surface area (Å²) < 4.78 is 3.18. The first-order valence-corrected chi connectivity index (χ1v) is 6.33. The van der Waals surface area contributed by atoms with E-state index in [4.69, 9.17) is 0 Å². The molecule has 0 bridgehead atoms. The fourth-order valence-corrected chi connectivity index (χ4v) is 2.20. The zero-order valence-electron chi connectivity index (χ0n) is 11.5. The molecule has 0 spiro atoms. The Labute approximate surface area is 114 Å². The molecule has 3 aromatic heterocycles. The van der Waals surface area contributed by atoms with Gasteiger partial charge in [-0.3, -0.25) is 4.68 Å². The van der Waals surface area contributed by atoms with E-state index < -0.39 is 0 Å². The fourth-order valence-electron chi connectivity index (χ4n) is 2.20. The van der Waals surface area contributed by atoms with Crippen molar-refractivity contribution < 1.29 is 0 Å². The summed E-state index contributed by atoms with van der Waals surface area (Å²) in [6.45, 7) is 3.81. The average Bonchev–Trinajstić information content (AvgIpc) is 2.93. The molecule has 0 fully saturated rings. The summed E-state index contributed by atoms with van der Waals surface area (Å²) >= 11 is 0. The van der Waals surface area contributed by atoms with Gasteiger partial charge in [0.05, 0.1) is 11.4 Å². The molecule has 0 amide bonds. The molecule has 0 atom stereocenters. The van der Waals surface area contributed by atoms with Gasteiger partial charge in [-0.25, -0.2) is 19.3 Å². The lowest BCUT2D eigenvalue weighted by molar-refractivity contribution is 0.746. The van der Waals surface area contributed by atoms with Crippen molar-refractivity contribution in [1.82, 2.24) is 29.4 Å². The van der Waals surface area contributed by atoms with Gasteiger partial charge in [-0.2, -0.15) is 10.2 Å². The van der Waals surface area contributed by atoms with Gasteiger partial charge >= 0.3 is 5.69 Å². The van der Waals surface area contributed by atoms with Crippen LogP contribution in [-0.4, -0.2) is 29.4 Å². The highest BCUT2D eigenvalue weighted by molar-refractivity contribution is 5.61. The van der Waals surface area contributed by atoms with Crippen molar-refractivity contribution in [1.29, 1.82) is 0 Å². The zero-order chi connectivity index (χ0) is 14.3. The number of hydrogen-bond donors (Lipinski definition) is 2. The van der Waals surface area contributed by atoms with E-state index in [-0.39, 0.29) is 5.69 Å². The van der Waals surface area contributed by atoms with Gasteiger partial charge in [0.15, 0.2) is 5.65 Å². The lowest BCUT2D eigenvalue weighted by atomic mass is 10.3. The maximum Gasteiger partial charge on any atom is 0.349 e. The van der Waals surface area contributed by atoms with Gasteiger partial charge in [0.2, 0.25) is 0 Å². The molecule has 20 heavy (non-hydrogen) atoms. The molecule has 0 saturated carbocycles. The van der Waals surface area contributed by atoms with Crippen molar-refractivity contribution in [2.75, 3.05) is 5.32 Å². The van der Waals surface area contributed by atoms with Crippen LogP contribution in [0, 0.1) is 6.92 Å². The molecule has 104 valence electrons. The van der Waals surface area contributed by atoms with E-state index in [1.807, 2.05) is 20.2 Å². The Bertz CT molecular complexity index is 826. The van der Waals surface area contributed by atoms with E-state index in [2.05, 4.69) is 25.6 Å². The Kier molecular flexibility index (Phi) is 2.78. The molecule has 2 N–H and O–H groups in total. The minimum Gasteiger partial charge on any atom is -0.337 e. The third kappa shape index (κ3) is 1.94. The first-order valence-electron chi connectivity index (χ1n) is 6.33. The summed E-state index contributed by atoms with van der Waals surface area (Å²) in [7, 11) is 1.87. The van der Waals surface area contributed by atoms with E-state index in [1.165, 1.54) is 4.40 Å². The van der Waals surface area contributed by atoms with Gasteiger partial charge in [-0.05, 0) is 13.3 Å². The molecule has 8 heteroatoms. The van der Waals surface area contributed by atoms with Crippen LogP contribution in [0.15, 0.2) is 17.1 Å². The van der Waals surface area contributed by atoms with Gasteiger partial charge in [0.25, 0.3) is 0 Å². The van der Waals surface area contributed by atoms with Crippen LogP contribution in [0.2, 0.25) is 0 Å². The second kappa shape index (κ2) is 4.48. The van der Waals surface area contributed by atoms with Crippen molar-refractivity contribution in [2.45, 2.75) is 20.3 Å². The third-order valence-corrected chi connectivity index (χ3v) is 3.07. The number of anilines is 2. The lowest BCUT2D eigenvalue weighted by Gasteiger charge is -2.06. The molecule has 8 nitrogen and oxygen atoms in total. The SMILES string of the molecule is CCc1nn(C)cc1Nc1cc2n[nH]c(=O)n2c(C)n1. The number of aryl methyl sites for hydroxylation is 3. The van der Waals surface area contributed by atoms with E-state index in [0.717, 1.165) is 17.8 Å². The van der Waals surface area contributed by atoms with Crippen molar-refractivity contribution in [3.63, 3.8) is 0 Å². The van der Waals surface area contributed by atoms with E-state index in [1.54, 1.807) is 17.7 Å². The molecule has 0 aliphatic rings. The second-order valence-corrected chi connectivity index (χ2v) is 4.55. The quantitative estimate of drug-likeness (QED) is 0.735. The van der Waals surface area contributed by atoms with Gasteiger partial charge < -0.3 is 5.32 Å². The minimum absolute atomic E-state index is 0.285. The predicted octanol–water partition coefficient (Wildman–Crippen LogP) is 0.766. The number of hydrogen-bond acceptors (Lipinski definition) is 5. The second-order valence-electron chi connectivity index (χ2n) is 4.55. The highest BCUT2D eigenvalue weighted by Crippen LogP contribution is 2.19. The molecule has 0 aliphatic heterocycles. The summed E-state index contributed by atoms with van der Waals surface area (Å²) in [5.41, 5.74) is 2.12. The molecule has 3 aromatic rings. The van der Waals surface area contributed by atoms with Crippen molar-refractivity contribution in [3.05, 3.63) is 34.3 Å². The third-order valence-electron chi connectivity index (χ3n) is 3.07. The van der Waals surface area contributed by atoms with Crippen LogP contribution in [0.1, 0.15) is 18.4 Å². The van der Waals surface area contributed by atoms with Crippen LogP contribution >= 0.6 is 0 Å². The summed E-state index contributed by atoms with van der Waals surface area (Å²) in [5, 5.41) is 13.9. The van der Waals surface area contributed by atoms with Crippen LogP contribution in [-0.2, 0) is 13.5 Å². The zero-order valence-corrected chi connectivity index (χ0v) is 11.5. The van der Waals surface area contributed by atoms with Crippen LogP contribution in [0.25, 0.3) is 5.65 Å². The van der Waals surface area contributed by atoms with Crippen molar-refractivity contribution >= 4 is 17.2 Å². The highest BCUT2D eigenvalue weighted by atomic mass is 16.1. The molecule has 0 saturated heterocycles. The Morgan fingerprint density at radius 2 is 2.25 bits per heavy atom. The smallest absolute Gasteiger partial charge is 0.337 e. The van der Waals surface area contributed by atoms with Crippen LogP contribution < -0.4 is 11.0 Å². The first-order chi connectivity index (χ1) is 9.58. The summed E-state index contributed by atoms with van der Waals surface area (Å²) in [6.07, 6.45) is 2.73. The summed E-state index contributed by atoms with van der Waals surface area (Å²) in [4.78, 5) is 15.9. The number of fused-ring (bicyclic) bond motifs is 1. The fraction of sp³-hybridized carbons (Fsp3) is 0.333. The minimum atomic E-state index is -0.285. The molecule has 0 aromatic carbocycles. The molecular formula is C12H15N7O. The Hall–Kier alpha value is -2.64. The molecular weight excluding hydrogens is 258 g/mol. The summed E-state index contributed by atoms with van der Waals surface area (Å²) in [6, 6.07) is 1.72. The van der Waals surface area contributed by atoms with Gasteiger partial charge in [0, 0.05) is 19.3 Å². The van der Waals surface area contributed by atoms with Gasteiger partial charge in [0.1, 0.15) is 11.6 Å². The normalized spacial score (nSPS) is 11.2. The van der Waals surface area contributed by atoms with E-state index in [9.17, 15) is 4.79 Å². The highest BCUT2D eigenvalue weighted by Gasteiger charge is 2.10. The van der Waals surface area contributed by atoms with Gasteiger partial charge in [-0.1, -0.05) is 6.92 Å². The lowest BCUT2D eigenvalue weighted by Crippen LogP contribution is -2.13. The van der Waals surface area contributed by atoms with Crippen LogP contribution in [0.5, 0.6) is 0 Å². The van der Waals surface area contributed by atoms with E-state index >= 15 is 0 Å². The molecule has 0 unspecified atom stereocenters. The number of rotatable bonds is 3. The number of nitrogens with one attached hydrogen (secondary N) is 2. The monoisotopic (exact) mass is 273 g/mol. The first kappa shape index (κ1) is 12.4. The Morgan fingerprint density at radius 1 is 1.45 bits per heavy atom. The molecule has 3 heterocycles. The number of aromatic amines is 1. The number of aromatic nitrogens is 6. The standard InChI is InChI=1S/C12H15N7O/c1-4-8-9(6-18(3)17-8)14-10-5-11-15-16-12(20)19(11)7(2)13-10/h5-6,14H,4H2,1-3H3,(H,16,20). The number of H-pyrrole nitrogens is 1. The van der Waals surface area contributed by atoms with Gasteiger partial charge in [-0.15, -0.1) is 0 Å². The van der Waals surface area contributed by atoms with Crippen LogP contribution in [0.3, 0.4) is 0 Å². The van der Waals surface area contributed by atoms with E-state index in [0.29, 0.717) is 17.3 Å². The average molecular weight is 273 g/mol. The Balaban J connectivity index is 2.04. The predicted molar refractivity (Wildman–Crippen MR) is 74.2 cm³/mol. The topological polar surface area (TPSA) is 92.9 Å². The molecule has 0 aliphatic carbocycles. The largest absolute Gasteiger partial charge is 0.349 e. The van der Waals surface area contributed by atoms with Crippen molar-refractivity contribution in [2.24, 2.45) is 7.05 Å². The van der Waals surface area contributed by atoms with Crippen LogP contribution in [0.4, 0.5) is 11.5 Å². The van der Waals surface area contributed by atoms with Crippen molar-refractivity contribution in [3.8, 4) is 0 Å². The number of nitrogens with zero attached hydrogens (tertiary/aromatic N) is 5. The molecule has 0 radical (unpaired) electrons. The maximum absolute atomic E-state index is 11.5. The summed E-state index contributed by atoms with van der Waals surface area (Å²) in [5.74, 6) is 1.21. The maximum atomic E-state index is 11.5.